The molecule has 0 saturated carbocycles. The van der Waals surface area contributed by atoms with Crippen molar-refractivity contribution in [1.29, 1.82) is 0 Å². The van der Waals surface area contributed by atoms with Gasteiger partial charge in [-0.25, -0.2) is 0 Å². The van der Waals surface area contributed by atoms with Gasteiger partial charge < -0.3 is 5.32 Å². The molecule has 1 aromatic heterocycles. The van der Waals surface area contributed by atoms with Crippen LogP contribution in [-0.4, -0.2) is 50.8 Å². The number of hydrogen-bond acceptors (Lipinski definition) is 4. The summed E-state index contributed by atoms with van der Waals surface area (Å²) in [7, 11) is 0.276. The molecule has 2 rings (SSSR count). The molecule has 1 aliphatic rings. The van der Waals surface area contributed by atoms with E-state index in [1.165, 1.54) is 4.31 Å². The molecule has 1 N–H and O–H groups in total. The average Bonchev–Trinajstić information content (AvgIpc) is 2.92. The monoisotopic (exact) mass is 317 g/mol. The Kier molecular flexibility index (Phi) is 5.57. The Morgan fingerprint density at radius 2 is 2.15 bits per heavy atom. The van der Waals surface area contributed by atoms with Crippen LogP contribution in [0.25, 0.3) is 0 Å². The maximum Gasteiger partial charge on any atom is 0.282 e. The van der Waals surface area contributed by atoms with E-state index in [1.54, 1.807) is 22.7 Å². The van der Waals surface area contributed by atoms with Crippen molar-refractivity contribution in [2.45, 2.75) is 19.4 Å². The molecule has 0 aromatic carbocycles. The van der Waals surface area contributed by atoms with E-state index in [0.29, 0.717) is 25.6 Å². The van der Waals surface area contributed by atoms with Crippen LogP contribution in [0.2, 0.25) is 0 Å². The van der Waals surface area contributed by atoms with Gasteiger partial charge in [0.25, 0.3) is 10.2 Å². The van der Waals surface area contributed by atoms with Gasteiger partial charge in [-0.1, -0.05) is 0 Å². The Bertz CT molecular complexity index is 494. The van der Waals surface area contributed by atoms with Crippen molar-refractivity contribution in [3.05, 3.63) is 22.4 Å². The van der Waals surface area contributed by atoms with Gasteiger partial charge in [0.2, 0.25) is 0 Å². The summed E-state index contributed by atoms with van der Waals surface area (Å²) in [5, 5.41) is 7.13. The van der Waals surface area contributed by atoms with Gasteiger partial charge in [0.05, 0.1) is 0 Å². The second-order valence-electron chi connectivity index (χ2n) is 5.30. The molecule has 0 radical (unpaired) electrons. The van der Waals surface area contributed by atoms with E-state index in [9.17, 15) is 8.42 Å². The molecule has 5 nitrogen and oxygen atoms in total. The zero-order valence-corrected chi connectivity index (χ0v) is 13.7. The Morgan fingerprint density at radius 1 is 1.45 bits per heavy atom. The van der Waals surface area contributed by atoms with Gasteiger partial charge in [-0.05, 0) is 54.7 Å². The standard InChI is InChI=1S/C13H23N3O2S2/c1-14-9-12-3-6-16(7-4-12)20(17,18)15(2)10-13-5-8-19-11-13/h5,8,11-12,14H,3-4,6-7,9-10H2,1-2H3. The Morgan fingerprint density at radius 3 is 2.70 bits per heavy atom. The largest absolute Gasteiger partial charge is 0.319 e. The van der Waals surface area contributed by atoms with Gasteiger partial charge in [0.15, 0.2) is 0 Å². The molecule has 0 spiro atoms. The smallest absolute Gasteiger partial charge is 0.282 e. The Hall–Kier alpha value is -0.470. The van der Waals surface area contributed by atoms with E-state index in [2.05, 4.69) is 5.32 Å². The van der Waals surface area contributed by atoms with E-state index < -0.39 is 10.2 Å². The summed E-state index contributed by atoms with van der Waals surface area (Å²) in [5.41, 5.74) is 1.05. The lowest BCUT2D eigenvalue weighted by molar-refractivity contribution is 0.255. The molecule has 0 amide bonds. The molecular formula is C13H23N3O2S2. The van der Waals surface area contributed by atoms with Crippen LogP contribution in [0.1, 0.15) is 18.4 Å². The van der Waals surface area contributed by atoms with Crippen molar-refractivity contribution in [2.75, 3.05) is 33.7 Å². The SMILES string of the molecule is CNCC1CCN(S(=O)(=O)N(C)Cc2ccsc2)CC1. The molecule has 1 aromatic rings. The minimum absolute atomic E-state index is 0.447. The molecule has 2 heterocycles. The quantitative estimate of drug-likeness (QED) is 0.862. The average molecular weight is 317 g/mol. The number of piperidine rings is 1. The predicted molar refractivity (Wildman–Crippen MR) is 82.9 cm³/mol. The number of thiophene rings is 1. The normalized spacial score (nSPS) is 18.8. The zero-order chi connectivity index (χ0) is 14.6. The highest BCUT2D eigenvalue weighted by Gasteiger charge is 2.30. The second-order valence-corrected chi connectivity index (χ2v) is 8.11. The maximum absolute atomic E-state index is 12.5. The van der Waals surface area contributed by atoms with Gasteiger partial charge >= 0.3 is 0 Å². The van der Waals surface area contributed by atoms with E-state index in [-0.39, 0.29) is 0 Å². The second kappa shape index (κ2) is 7.00. The lowest BCUT2D eigenvalue weighted by Crippen LogP contribution is -2.46. The third-order valence-corrected chi connectivity index (χ3v) is 6.44. The fourth-order valence-electron chi connectivity index (χ4n) is 2.55. The third kappa shape index (κ3) is 3.79. The van der Waals surface area contributed by atoms with Crippen molar-refractivity contribution >= 4 is 21.5 Å². The van der Waals surface area contributed by atoms with Gasteiger partial charge in [0, 0.05) is 26.7 Å². The van der Waals surface area contributed by atoms with E-state index in [1.807, 2.05) is 23.9 Å². The minimum atomic E-state index is -3.33. The van der Waals surface area contributed by atoms with Crippen LogP contribution in [-0.2, 0) is 16.8 Å². The molecule has 20 heavy (non-hydrogen) atoms. The molecule has 0 aliphatic carbocycles. The number of rotatable bonds is 6. The van der Waals surface area contributed by atoms with Crippen LogP contribution < -0.4 is 5.32 Å². The highest BCUT2D eigenvalue weighted by Crippen LogP contribution is 2.21. The first kappa shape index (κ1) is 15.9. The summed E-state index contributed by atoms with van der Waals surface area (Å²) >= 11 is 1.59. The molecule has 114 valence electrons. The molecular weight excluding hydrogens is 294 g/mol. The zero-order valence-electron chi connectivity index (χ0n) is 12.1. The third-order valence-electron chi connectivity index (χ3n) is 3.77. The summed E-state index contributed by atoms with van der Waals surface area (Å²) in [5.74, 6) is 0.591. The summed E-state index contributed by atoms with van der Waals surface area (Å²) in [6.45, 7) is 2.67. The summed E-state index contributed by atoms with van der Waals surface area (Å²) in [6.07, 6.45) is 1.87. The van der Waals surface area contributed by atoms with Gasteiger partial charge in [-0.3, -0.25) is 0 Å². The van der Waals surface area contributed by atoms with Crippen LogP contribution in [0.15, 0.2) is 16.8 Å². The Labute approximate surface area is 125 Å². The van der Waals surface area contributed by atoms with Crippen LogP contribution in [0, 0.1) is 5.92 Å². The number of nitrogens with zero attached hydrogens (tertiary/aromatic N) is 2. The molecule has 1 saturated heterocycles. The molecule has 1 fully saturated rings. The van der Waals surface area contributed by atoms with Gasteiger partial charge in [-0.2, -0.15) is 28.4 Å². The van der Waals surface area contributed by atoms with Crippen LogP contribution in [0.4, 0.5) is 0 Å². The molecule has 0 atom stereocenters. The lowest BCUT2D eigenvalue weighted by Gasteiger charge is -2.33. The fourth-order valence-corrected chi connectivity index (χ4v) is 4.59. The van der Waals surface area contributed by atoms with Crippen LogP contribution in [0.5, 0.6) is 0 Å². The first-order valence-corrected chi connectivity index (χ1v) is 9.25. The van der Waals surface area contributed by atoms with Crippen molar-refractivity contribution in [3.8, 4) is 0 Å². The minimum Gasteiger partial charge on any atom is -0.319 e. The maximum atomic E-state index is 12.5. The van der Waals surface area contributed by atoms with E-state index >= 15 is 0 Å². The molecule has 0 unspecified atom stereocenters. The van der Waals surface area contributed by atoms with Gasteiger partial charge in [0.1, 0.15) is 0 Å². The first-order valence-electron chi connectivity index (χ1n) is 6.91. The highest BCUT2D eigenvalue weighted by molar-refractivity contribution is 7.86. The first-order chi connectivity index (χ1) is 9.54. The molecule has 0 bridgehead atoms. The fraction of sp³-hybridized carbons (Fsp3) is 0.692. The van der Waals surface area contributed by atoms with E-state index in [0.717, 1.165) is 24.9 Å². The topological polar surface area (TPSA) is 52.7 Å². The van der Waals surface area contributed by atoms with Gasteiger partial charge in [-0.15, -0.1) is 0 Å². The summed E-state index contributed by atoms with van der Waals surface area (Å²) < 4.78 is 28.1. The number of hydrogen-bond donors (Lipinski definition) is 1. The van der Waals surface area contributed by atoms with Crippen LogP contribution >= 0.6 is 11.3 Å². The molecule has 7 heteroatoms. The van der Waals surface area contributed by atoms with Crippen molar-refractivity contribution in [1.82, 2.24) is 13.9 Å². The number of nitrogens with one attached hydrogen (secondary N) is 1. The Balaban J connectivity index is 1.93. The van der Waals surface area contributed by atoms with E-state index in [4.69, 9.17) is 0 Å². The lowest BCUT2D eigenvalue weighted by atomic mass is 9.98. The summed E-state index contributed by atoms with van der Waals surface area (Å²) in [4.78, 5) is 0. The van der Waals surface area contributed by atoms with Crippen LogP contribution in [0.3, 0.4) is 0 Å². The molecule has 1 aliphatic heterocycles. The predicted octanol–water partition coefficient (Wildman–Crippen LogP) is 1.36. The summed E-state index contributed by atoms with van der Waals surface area (Å²) in [6, 6.07) is 1.97. The van der Waals surface area contributed by atoms with Crippen molar-refractivity contribution < 1.29 is 8.42 Å². The highest BCUT2D eigenvalue weighted by atomic mass is 32.2. The van der Waals surface area contributed by atoms with Crippen molar-refractivity contribution in [2.24, 2.45) is 5.92 Å². The van der Waals surface area contributed by atoms with Crippen molar-refractivity contribution in [3.63, 3.8) is 0 Å².